The number of rotatable bonds is 4. The van der Waals surface area contributed by atoms with Gasteiger partial charge in [-0.1, -0.05) is 48.5 Å². The first-order valence-electron chi connectivity index (χ1n) is 6.84. The van der Waals surface area contributed by atoms with E-state index >= 15 is 0 Å². The molecule has 4 heteroatoms. The molecule has 0 radical (unpaired) electrons. The Morgan fingerprint density at radius 2 is 1.36 bits per heavy atom. The van der Waals surface area contributed by atoms with Crippen LogP contribution in [0.3, 0.4) is 0 Å². The van der Waals surface area contributed by atoms with Crippen molar-refractivity contribution in [3.63, 3.8) is 0 Å². The first kappa shape index (κ1) is 15.5. The molecule has 0 bridgehead atoms. The Bertz CT molecular complexity index is 691. The van der Waals surface area contributed by atoms with Crippen molar-refractivity contribution in [3.8, 4) is 0 Å². The van der Waals surface area contributed by atoms with Crippen LogP contribution in [0, 0.1) is 0 Å². The van der Waals surface area contributed by atoms with E-state index in [4.69, 9.17) is 4.74 Å². The van der Waals surface area contributed by atoms with Gasteiger partial charge in [-0.05, 0) is 30.2 Å². The number of carbonyl (C=O) groups excluding carboxylic acids is 2. The highest BCUT2D eigenvalue weighted by molar-refractivity contribution is 6.05. The van der Waals surface area contributed by atoms with Crippen LogP contribution in [0.5, 0.6) is 0 Å². The van der Waals surface area contributed by atoms with Crippen LogP contribution in [0.1, 0.15) is 22.8 Å². The maximum atomic E-state index is 12.3. The smallest absolute Gasteiger partial charge is 0.354 e. The quantitative estimate of drug-likeness (QED) is 0.697. The predicted molar refractivity (Wildman–Crippen MR) is 85.0 cm³/mol. The molecule has 0 aliphatic carbocycles. The Balaban J connectivity index is 2.35. The summed E-state index contributed by atoms with van der Waals surface area (Å²) in [7, 11) is 1.29. The van der Waals surface area contributed by atoms with E-state index in [-0.39, 0.29) is 11.6 Å². The van der Waals surface area contributed by atoms with Gasteiger partial charge in [0.2, 0.25) is 0 Å². The van der Waals surface area contributed by atoms with Gasteiger partial charge in [-0.2, -0.15) is 0 Å². The average molecular weight is 295 g/mol. The lowest BCUT2D eigenvalue weighted by atomic mass is 10.1. The zero-order valence-electron chi connectivity index (χ0n) is 12.5. The normalized spacial score (nSPS) is 11.4. The molecule has 2 aromatic carbocycles. The molecule has 0 saturated heterocycles. The minimum absolute atomic E-state index is 0.141. The largest absolute Gasteiger partial charge is 0.464 e. The van der Waals surface area contributed by atoms with Crippen LogP contribution in [0.15, 0.2) is 66.4 Å². The Labute approximate surface area is 129 Å². The van der Waals surface area contributed by atoms with Gasteiger partial charge in [0.05, 0.1) is 7.11 Å². The molecule has 0 aliphatic heterocycles. The van der Waals surface area contributed by atoms with E-state index in [0.717, 1.165) is 5.56 Å². The molecule has 4 nitrogen and oxygen atoms in total. The van der Waals surface area contributed by atoms with Crippen molar-refractivity contribution in [2.24, 2.45) is 0 Å². The van der Waals surface area contributed by atoms with Gasteiger partial charge in [-0.25, -0.2) is 4.79 Å². The van der Waals surface area contributed by atoms with E-state index < -0.39 is 5.97 Å². The maximum Gasteiger partial charge on any atom is 0.354 e. The van der Waals surface area contributed by atoms with E-state index in [1.165, 1.54) is 7.11 Å². The van der Waals surface area contributed by atoms with Crippen molar-refractivity contribution in [3.05, 3.63) is 77.5 Å². The second kappa shape index (κ2) is 7.22. The highest BCUT2D eigenvalue weighted by Crippen LogP contribution is 2.17. The number of esters is 1. The van der Waals surface area contributed by atoms with Crippen molar-refractivity contribution in [1.82, 2.24) is 5.32 Å². The van der Waals surface area contributed by atoms with E-state index in [9.17, 15) is 9.59 Å². The van der Waals surface area contributed by atoms with E-state index in [1.807, 2.05) is 36.4 Å². The predicted octanol–water partition coefficient (Wildman–Crippen LogP) is 3.02. The van der Waals surface area contributed by atoms with Gasteiger partial charge in [-0.15, -0.1) is 0 Å². The lowest BCUT2D eigenvalue weighted by Gasteiger charge is -2.12. The van der Waals surface area contributed by atoms with Crippen molar-refractivity contribution in [2.75, 3.05) is 7.11 Å². The molecule has 2 rings (SSSR count). The van der Waals surface area contributed by atoms with E-state index in [1.54, 1.807) is 31.2 Å². The first-order chi connectivity index (χ1) is 10.6. The summed E-state index contributed by atoms with van der Waals surface area (Å²) in [6, 6.07) is 18.1. The summed E-state index contributed by atoms with van der Waals surface area (Å²) in [6.07, 6.45) is 0. The second-order valence-corrected chi connectivity index (χ2v) is 4.68. The Morgan fingerprint density at radius 3 is 1.86 bits per heavy atom. The van der Waals surface area contributed by atoms with Crippen LogP contribution >= 0.6 is 0 Å². The van der Waals surface area contributed by atoms with Gasteiger partial charge in [0.15, 0.2) is 0 Å². The van der Waals surface area contributed by atoms with Crippen molar-refractivity contribution in [1.29, 1.82) is 0 Å². The fraction of sp³-hybridized carbons (Fsp3) is 0.111. The first-order valence-corrected chi connectivity index (χ1v) is 6.84. The third kappa shape index (κ3) is 3.61. The number of ether oxygens (including phenoxy) is 1. The summed E-state index contributed by atoms with van der Waals surface area (Å²) in [5, 5.41) is 2.65. The van der Waals surface area contributed by atoms with E-state index in [2.05, 4.69) is 5.32 Å². The van der Waals surface area contributed by atoms with Gasteiger partial charge in [0, 0.05) is 5.56 Å². The molecule has 0 aromatic heterocycles. The number of carbonyl (C=O) groups is 2. The van der Waals surface area contributed by atoms with Crippen molar-refractivity contribution >= 4 is 17.4 Å². The molecule has 0 unspecified atom stereocenters. The van der Waals surface area contributed by atoms with Crippen molar-refractivity contribution < 1.29 is 14.3 Å². The third-order valence-electron chi connectivity index (χ3n) is 3.25. The fourth-order valence-electron chi connectivity index (χ4n) is 2.01. The molecule has 0 atom stereocenters. The van der Waals surface area contributed by atoms with Crippen LogP contribution in [0.2, 0.25) is 0 Å². The molecule has 0 heterocycles. The van der Waals surface area contributed by atoms with Crippen LogP contribution in [-0.4, -0.2) is 19.0 Å². The van der Waals surface area contributed by atoms with Crippen LogP contribution in [0.4, 0.5) is 0 Å². The maximum absolute atomic E-state index is 12.3. The summed E-state index contributed by atoms with van der Waals surface area (Å²) in [4.78, 5) is 24.3. The number of hydrogen-bond donors (Lipinski definition) is 1. The van der Waals surface area contributed by atoms with Crippen molar-refractivity contribution in [2.45, 2.75) is 6.92 Å². The average Bonchev–Trinajstić information content (AvgIpc) is 2.59. The third-order valence-corrected chi connectivity index (χ3v) is 3.25. The molecular formula is C18H17NO3. The minimum Gasteiger partial charge on any atom is -0.464 e. The molecule has 0 spiro atoms. The Morgan fingerprint density at radius 1 is 0.864 bits per heavy atom. The number of hydrogen-bond acceptors (Lipinski definition) is 3. The molecule has 112 valence electrons. The fourth-order valence-corrected chi connectivity index (χ4v) is 2.01. The zero-order chi connectivity index (χ0) is 15.9. The monoisotopic (exact) mass is 295 g/mol. The summed E-state index contributed by atoms with van der Waals surface area (Å²) in [6.45, 7) is 1.77. The highest BCUT2D eigenvalue weighted by atomic mass is 16.5. The standard InChI is InChI=1S/C18H17NO3/c1-13(14-9-5-3-6-10-14)16(18(21)22-2)19-17(20)15-11-7-4-8-12-15/h3-12H,1-2H3,(H,19,20)/b16-13+. The molecular weight excluding hydrogens is 278 g/mol. The lowest BCUT2D eigenvalue weighted by Crippen LogP contribution is -2.29. The van der Waals surface area contributed by atoms with Gasteiger partial charge in [0.1, 0.15) is 5.70 Å². The summed E-state index contributed by atoms with van der Waals surface area (Å²) in [5.74, 6) is -0.929. The highest BCUT2D eigenvalue weighted by Gasteiger charge is 2.18. The summed E-state index contributed by atoms with van der Waals surface area (Å²) in [5.41, 5.74) is 2.11. The molecule has 0 saturated carbocycles. The van der Waals surface area contributed by atoms with Crippen LogP contribution in [-0.2, 0) is 9.53 Å². The van der Waals surface area contributed by atoms with Gasteiger partial charge in [-0.3, -0.25) is 4.79 Å². The van der Waals surface area contributed by atoms with Gasteiger partial charge >= 0.3 is 5.97 Å². The number of allylic oxidation sites excluding steroid dienone is 1. The number of nitrogens with one attached hydrogen (secondary N) is 1. The zero-order valence-corrected chi connectivity index (χ0v) is 12.5. The number of amides is 1. The molecule has 0 fully saturated rings. The van der Waals surface area contributed by atoms with E-state index in [0.29, 0.717) is 11.1 Å². The van der Waals surface area contributed by atoms with Gasteiger partial charge in [0.25, 0.3) is 5.91 Å². The Kier molecular flexibility index (Phi) is 5.09. The minimum atomic E-state index is -0.578. The topological polar surface area (TPSA) is 55.4 Å². The van der Waals surface area contributed by atoms with Crippen LogP contribution < -0.4 is 5.32 Å². The lowest BCUT2D eigenvalue weighted by molar-refractivity contribution is -0.136. The van der Waals surface area contributed by atoms with Gasteiger partial charge < -0.3 is 10.1 Å². The molecule has 22 heavy (non-hydrogen) atoms. The SMILES string of the molecule is COC(=O)/C(NC(=O)c1ccccc1)=C(/C)c1ccccc1. The molecule has 2 aromatic rings. The Hall–Kier alpha value is -2.88. The molecule has 1 N–H and O–H groups in total. The molecule has 1 amide bonds. The number of methoxy groups -OCH3 is 1. The van der Waals surface area contributed by atoms with Crippen LogP contribution in [0.25, 0.3) is 5.57 Å². The second-order valence-electron chi connectivity index (χ2n) is 4.68. The number of benzene rings is 2. The summed E-state index contributed by atoms with van der Waals surface area (Å²) < 4.78 is 4.78. The molecule has 0 aliphatic rings. The summed E-state index contributed by atoms with van der Waals surface area (Å²) >= 11 is 0.